The van der Waals surface area contributed by atoms with Crippen molar-refractivity contribution in [1.29, 1.82) is 0 Å². The molecule has 2 heteroatoms. The molecule has 0 radical (unpaired) electrons. The second-order valence-corrected chi connectivity index (χ2v) is 6.20. The van der Waals surface area contributed by atoms with Crippen LogP contribution in [0.25, 0.3) is 0 Å². The highest BCUT2D eigenvalue weighted by Crippen LogP contribution is 2.28. The van der Waals surface area contributed by atoms with Crippen LogP contribution in [0.4, 0.5) is 0 Å². The zero-order valence-corrected chi connectivity index (χ0v) is 11.5. The Kier molecular flexibility index (Phi) is 5.30. The van der Waals surface area contributed by atoms with E-state index in [0.717, 1.165) is 18.5 Å². The van der Waals surface area contributed by atoms with Gasteiger partial charge in [0.2, 0.25) is 0 Å². The van der Waals surface area contributed by atoms with Gasteiger partial charge in [0.15, 0.2) is 0 Å². The quantitative estimate of drug-likeness (QED) is 0.815. The Bertz CT molecular complexity index is 211. The van der Waals surface area contributed by atoms with Crippen LogP contribution in [0.3, 0.4) is 0 Å². The Morgan fingerprint density at radius 2 is 1.76 bits per heavy atom. The lowest BCUT2D eigenvalue weighted by Crippen LogP contribution is -2.49. The largest absolute Gasteiger partial charge is 0.329 e. The van der Waals surface area contributed by atoms with E-state index < -0.39 is 0 Å². The Hall–Kier alpha value is -0.0800. The van der Waals surface area contributed by atoms with Crippen molar-refractivity contribution in [1.82, 2.24) is 4.90 Å². The highest BCUT2D eigenvalue weighted by atomic mass is 15.2. The molecule has 1 saturated heterocycles. The number of nitrogens with zero attached hydrogens (tertiary/aromatic N) is 1. The summed E-state index contributed by atoms with van der Waals surface area (Å²) in [6.45, 7) is 4.55. The predicted molar refractivity (Wildman–Crippen MR) is 74.1 cm³/mol. The minimum atomic E-state index is 0.669. The molecule has 1 saturated carbocycles. The number of hydrogen-bond donors (Lipinski definition) is 1. The van der Waals surface area contributed by atoms with Gasteiger partial charge in [-0.25, -0.2) is 0 Å². The van der Waals surface area contributed by atoms with Crippen molar-refractivity contribution in [3.8, 4) is 0 Å². The van der Waals surface area contributed by atoms with E-state index in [1.54, 1.807) is 0 Å². The van der Waals surface area contributed by atoms with Crippen LogP contribution in [-0.2, 0) is 0 Å². The van der Waals surface area contributed by atoms with E-state index in [1.807, 2.05) is 0 Å². The molecule has 0 aromatic heterocycles. The average molecular weight is 238 g/mol. The third-order valence-corrected chi connectivity index (χ3v) is 4.99. The minimum absolute atomic E-state index is 0.669. The topological polar surface area (TPSA) is 29.3 Å². The molecule has 17 heavy (non-hydrogen) atoms. The molecule has 2 nitrogen and oxygen atoms in total. The normalized spacial score (nSPS) is 32.8. The molecule has 0 spiro atoms. The maximum Gasteiger partial charge on any atom is 0.0221 e. The Morgan fingerprint density at radius 3 is 2.47 bits per heavy atom. The predicted octanol–water partition coefficient (Wildman–Crippen LogP) is 3.16. The van der Waals surface area contributed by atoms with Gasteiger partial charge in [0.25, 0.3) is 0 Å². The number of hydrogen-bond acceptors (Lipinski definition) is 2. The van der Waals surface area contributed by atoms with E-state index >= 15 is 0 Å². The van der Waals surface area contributed by atoms with E-state index in [1.165, 1.54) is 64.3 Å². The van der Waals surface area contributed by atoms with Crippen LogP contribution in [0.5, 0.6) is 0 Å². The monoisotopic (exact) mass is 238 g/mol. The van der Waals surface area contributed by atoms with Crippen molar-refractivity contribution in [2.45, 2.75) is 76.8 Å². The summed E-state index contributed by atoms with van der Waals surface area (Å²) in [5.41, 5.74) is 5.92. The first kappa shape index (κ1) is 13.4. The fourth-order valence-electron chi connectivity index (χ4n) is 3.80. The molecule has 1 heterocycles. The van der Waals surface area contributed by atoms with Gasteiger partial charge in [-0.15, -0.1) is 0 Å². The maximum absolute atomic E-state index is 5.92. The highest BCUT2D eigenvalue weighted by Gasteiger charge is 2.27. The van der Waals surface area contributed by atoms with E-state index in [9.17, 15) is 0 Å². The molecule has 2 aliphatic rings. The Labute approximate surface area is 107 Å². The molecule has 1 aliphatic carbocycles. The van der Waals surface area contributed by atoms with Crippen molar-refractivity contribution in [2.75, 3.05) is 13.1 Å². The Balaban J connectivity index is 1.78. The fraction of sp³-hybridized carbons (Fsp3) is 1.00. The number of piperidine rings is 1. The summed E-state index contributed by atoms with van der Waals surface area (Å²) >= 11 is 0. The van der Waals surface area contributed by atoms with E-state index in [4.69, 9.17) is 5.73 Å². The third-order valence-electron chi connectivity index (χ3n) is 4.99. The SMILES string of the molecule is CC1CCCC(CN)N1CCC1CCCCC1. The highest BCUT2D eigenvalue weighted by molar-refractivity contribution is 4.83. The van der Waals surface area contributed by atoms with Crippen LogP contribution in [0.2, 0.25) is 0 Å². The molecule has 2 rings (SSSR count). The summed E-state index contributed by atoms with van der Waals surface area (Å²) in [4.78, 5) is 2.71. The summed E-state index contributed by atoms with van der Waals surface area (Å²) in [6, 6.07) is 1.43. The summed E-state index contributed by atoms with van der Waals surface area (Å²) in [6.07, 6.45) is 12.9. The first-order valence-electron chi connectivity index (χ1n) is 7.77. The number of nitrogens with two attached hydrogens (primary N) is 1. The van der Waals surface area contributed by atoms with E-state index in [2.05, 4.69) is 11.8 Å². The molecular weight excluding hydrogens is 208 g/mol. The van der Waals surface area contributed by atoms with Gasteiger partial charge in [-0.3, -0.25) is 4.90 Å². The van der Waals surface area contributed by atoms with Gasteiger partial charge >= 0.3 is 0 Å². The van der Waals surface area contributed by atoms with Crippen molar-refractivity contribution in [2.24, 2.45) is 11.7 Å². The third kappa shape index (κ3) is 3.69. The van der Waals surface area contributed by atoms with Gasteiger partial charge < -0.3 is 5.73 Å². The van der Waals surface area contributed by atoms with Gasteiger partial charge in [-0.1, -0.05) is 38.5 Å². The van der Waals surface area contributed by atoms with Gasteiger partial charge in [0.05, 0.1) is 0 Å². The number of rotatable bonds is 4. The molecular formula is C15H30N2. The summed E-state index contributed by atoms with van der Waals surface area (Å²) in [7, 11) is 0. The standard InChI is InChI=1S/C15H30N2/c1-13-6-5-9-15(12-16)17(13)11-10-14-7-3-2-4-8-14/h13-15H,2-12,16H2,1H3. The summed E-state index contributed by atoms with van der Waals surface area (Å²) < 4.78 is 0. The van der Waals surface area contributed by atoms with Crippen molar-refractivity contribution in [3.63, 3.8) is 0 Å². The van der Waals surface area contributed by atoms with Crippen LogP contribution in [0.15, 0.2) is 0 Å². The van der Waals surface area contributed by atoms with Crippen LogP contribution in [-0.4, -0.2) is 30.1 Å². The van der Waals surface area contributed by atoms with Gasteiger partial charge in [-0.2, -0.15) is 0 Å². The van der Waals surface area contributed by atoms with Crippen molar-refractivity contribution < 1.29 is 0 Å². The first-order chi connectivity index (χ1) is 8.31. The van der Waals surface area contributed by atoms with Gasteiger partial charge in [0.1, 0.15) is 0 Å². The van der Waals surface area contributed by atoms with E-state index in [0.29, 0.717) is 6.04 Å². The molecule has 2 fully saturated rings. The first-order valence-corrected chi connectivity index (χ1v) is 7.77. The lowest BCUT2D eigenvalue weighted by molar-refractivity contribution is 0.0872. The van der Waals surface area contributed by atoms with E-state index in [-0.39, 0.29) is 0 Å². The molecule has 0 aromatic carbocycles. The van der Waals surface area contributed by atoms with Crippen LogP contribution < -0.4 is 5.73 Å². The van der Waals surface area contributed by atoms with Gasteiger partial charge in [0, 0.05) is 18.6 Å². The molecule has 1 aliphatic heterocycles. The summed E-state index contributed by atoms with van der Waals surface area (Å²) in [5.74, 6) is 1.01. The number of likely N-dealkylation sites (tertiary alicyclic amines) is 1. The average Bonchev–Trinajstić information content (AvgIpc) is 2.38. The molecule has 0 aromatic rings. The molecule has 2 N–H and O–H groups in total. The lowest BCUT2D eigenvalue weighted by Gasteiger charge is -2.41. The molecule has 0 bridgehead atoms. The molecule has 2 atom stereocenters. The zero-order valence-electron chi connectivity index (χ0n) is 11.5. The second kappa shape index (κ2) is 6.75. The second-order valence-electron chi connectivity index (χ2n) is 6.20. The van der Waals surface area contributed by atoms with Gasteiger partial charge in [-0.05, 0) is 38.6 Å². The smallest absolute Gasteiger partial charge is 0.0221 e. The lowest BCUT2D eigenvalue weighted by atomic mass is 9.86. The fourth-order valence-corrected chi connectivity index (χ4v) is 3.80. The van der Waals surface area contributed by atoms with Crippen molar-refractivity contribution >= 4 is 0 Å². The summed E-state index contributed by atoms with van der Waals surface area (Å²) in [5, 5.41) is 0. The molecule has 100 valence electrons. The minimum Gasteiger partial charge on any atom is -0.329 e. The van der Waals surface area contributed by atoms with Crippen molar-refractivity contribution in [3.05, 3.63) is 0 Å². The van der Waals surface area contributed by atoms with Crippen LogP contribution >= 0.6 is 0 Å². The van der Waals surface area contributed by atoms with Crippen LogP contribution in [0, 0.1) is 5.92 Å². The Morgan fingerprint density at radius 1 is 1.00 bits per heavy atom. The zero-order chi connectivity index (χ0) is 12.1. The van der Waals surface area contributed by atoms with Crippen LogP contribution in [0.1, 0.15) is 64.7 Å². The molecule has 2 unspecified atom stereocenters. The maximum atomic E-state index is 5.92. The molecule has 0 amide bonds.